The molecule has 0 aromatic heterocycles. The molecule has 0 unspecified atom stereocenters. The maximum atomic E-state index is 13.9. The molecule has 0 bridgehead atoms. The fourth-order valence-corrected chi connectivity index (χ4v) is 4.43. The van der Waals surface area contributed by atoms with Crippen LogP contribution in [0.1, 0.15) is 15.9 Å². The monoisotopic (exact) mass is 398 g/mol. The van der Waals surface area contributed by atoms with Gasteiger partial charge in [0.2, 0.25) is 10.0 Å². The van der Waals surface area contributed by atoms with E-state index in [2.05, 4.69) is 0 Å². The Kier molecular flexibility index (Phi) is 5.25. The van der Waals surface area contributed by atoms with Crippen molar-refractivity contribution in [3.8, 4) is 0 Å². The minimum Gasteiger partial charge on any atom is -0.336 e. The van der Waals surface area contributed by atoms with Crippen LogP contribution in [0.5, 0.6) is 0 Å². The lowest BCUT2D eigenvalue weighted by atomic mass is 10.1. The van der Waals surface area contributed by atoms with E-state index in [1.54, 1.807) is 6.92 Å². The molecular formula is C18H17F3N2O3S. The number of benzene rings is 2. The third-order valence-electron chi connectivity index (χ3n) is 4.46. The Morgan fingerprint density at radius 3 is 2.07 bits per heavy atom. The Morgan fingerprint density at radius 2 is 1.52 bits per heavy atom. The van der Waals surface area contributed by atoms with Gasteiger partial charge in [-0.2, -0.15) is 4.31 Å². The van der Waals surface area contributed by atoms with Crippen molar-refractivity contribution in [1.29, 1.82) is 0 Å². The maximum Gasteiger partial charge on any atom is 0.254 e. The van der Waals surface area contributed by atoms with Crippen LogP contribution in [-0.2, 0) is 10.0 Å². The van der Waals surface area contributed by atoms with Gasteiger partial charge in [-0.3, -0.25) is 4.79 Å². The van der Waals surface area contributed by atoms with Gasteiger partial charge in [-0.15, -0.1) is 0 Å². The van der Waals surface area contributed by atoms with E-state index in [0.29, 0.717) is 5.56 Å². The Balaban J connectivity index is 1.75. The zero-order valence-electron chi connectivity index (χ0n) is 14.5. The largest absolute Gasteiger partial charge is 0.336 e. The summed E-state index contributed by atoms with van der Waals surface area (Å²) in [6.07, 6.45) is 0. The predicted octanol–water partition coefficient (Wildman–Crippen LogP) is 2.56. The first-order chi connectivity index (χ1) is 12.7. The molecule has 0 radical (unpaired) electrons. The van der Waals surface area contributed by atoms with Gasteiger partial charge in [0.25, 0.3) is 5.91 Å². The molecule has 1 saturated heterocycles. The standard InChI is InChI=1S/C18H17F3N2O3S/c1-12-5-6-13(11-16(12)21)18(24)22-7-9-23(10-8-22)27(25,26)17-14(19)3-2-4-15(17)20/h2-6,11H,7-10H2,1H3. The summed E-state index contributed by atoms with van der Waals surface area (Å²) in [6, 6.07) is 6.96. The zero-order valence-corrected chi connectivity index (χ0v) is 15.3. The molecule has 1 aliphatic rings. The zero-order chi connectivity index (χ0) is 19.8. The molecule has 1 fully saturated rings. The Labute approximate surface area is 155 Å². The Bertz CT molecular complexity index is 967. The summed E-state index contributed by atoms with van der Waals surface area (Å²) >= 11 is 0. The van der Waals surface area contributed by atoms with Gasteiger partial charge < -0.3 is 4.90 Å². The van der Waals surface area contributed by atoms with Crippen LogP contribution in [0.15, 0.2) is 41.3 Å². The van der Waals surface area contributed by atoms with E-state index in [4.69, 9.17) is 0 Å². The molecule has 0 spiro atoms. The lowest BCUT2D eigenvalue weighted by Crippen LogP contribution is -2.50. The topological polar surface area (TPSA) is 57.7 Å². The third-order valence-corrected chi connectivity index (χ3v) is 6.41. The van der Waals surface area contributed by atoms with Gasteiger partial charge in [-0.25, -0.2) is 21.6 Å². The van der Waals surface area contributed by atoms with Crippen molar-refractivity contribution in [3.63, 3.8) is 0 Å². The highest BCUT2D eigenvalue weighted by Crippen LogP contribution is 2.24. The van der Waals surface area contributed by atoms with Crippen molar-refractivity contribution < 1.29 is 26.4 Å². The first-order valence-corrected chi connectivity index (χ1v) is 9.65. The van der Waals surface area contributed by atoms with Crippen LogP contribution in [-0.4, -0.2) is 49.7 Å². The lowest BCUT2D eigenvalue weighted by Gasteiger charge is -2.34. The third kappa shape index (κ3) is 3.70. The molecule has 1 aliphatic heterocycles. The number of sulfonamides is 1. The van der Waals surface area contributed by atoms with Crippen molar-refractivity contribution in [2.24, 2.45) is 0 Å². The maximum absolute atomic E-state index is 13.9. The second-order valence-electron chi connectivity index (χ2n) is 6.21. The first kappa shape index (κ1) is 19.4. The van der Waals surface area contributed by atoms with Crippen LogP contribution >= 0.6 is 0 Å². The number of hydrogen-bond acceptors (Lipinski definition) is 3. The average Bonchev–Trinajstić information content (AvgIpc) is 2.63. The molecule has 0 aliphatic carbocycles. The average molecular weight is 398 g/mol. The Morgan fingerprint density at radius 1 is 0.926 bits per heavy atom. The second kappa shape index (κ2) is 7.32. The fourth-order valence-electron chi connectivity index (χ4n) is 2.90. The van der Waals surface area contributed by atoms with Crippen molar-refractivity contribution in [2.45, 2.75) is 11.8 Å². The van der Waals surface area contributed by atoms with Crippen LogP contribution in [0.4, 0.5) is 13.2 Å². The minimum atomic E-state index is -4.36. The summed E-state index contributed by atoms with van der Waals surface area (Å²) in [5, 5.41) is 0. The SMILES string of the molecule is Cc1ccc(C(=O)N2CCN(S(=O)(=O)c3c(F)cccc3F)CC2)cc1F. The molecule has 3 rings (SSSR count). The van der Waals surface area contributed by atoms with Crippen LogP contribution < -0.4 is 0 Å². The van der Waals surface area contributed by atoms with Crippen LogP contribution in [0.2, 0.25) is 0 Å². The number of hydrogen-bond donors (Lipinski definition) is 0. The van der Waals surface area contributed by atoms with Crippen LogP contribution in [0, 0.1) is 24.4 Å². The van der Waals surface area contributed by atoms with Crippen molar-refractivity contribution in [1.82, 2.24) is 9.21 Å². The normalized spacial score (nSPS) is 15.8. The quantitative estimate of drug-likeness (QED) is 0.799. The predicted molar refractivity (Wildman–Crippen MR) is 92.2 cm³/mol. The summed E-state index contributed by atoms with van der Waals surface area (Å²) in [7, 11) is -4.36. The summed E-state index contributed by atoms with van der Waals surface area (Å²) < 4.78 is 67.4. The molecule has 144 valence electrons. The number of carbonyl (C=O) groups excluding carboxylic acids is 1. The van der Waals surface area contributed by atoms with Gasteiger partial charge in [0, 0.05) is 31.7 Å². The van der Waals surface area contributed by atoms with Crippen LogP contribution in [0.3, 0.4) is 0 Å². The van der Waals surface area contributed by atoms with E-state index >= 15 is 0 Å². The number of piperazine rings is 1. The molecule has 9 heteroatoms. The van der Waals surface area contributed by atoms with E-state index in [1.165, 1.54) is 17.0 Å². The highest BCUT2D eigenvalue weighted by molar-refractivity contribution is 7.89. The number of rotatable bonds is 3. The summed E-state index contributed by atoms with van der Waals surface area (Å²) in [4.78, 5) is 12.9. The van der Waals surface area contributed by atoms with E-state index in [-0.39, 0.29) is 31.7 Å². The molecule has 0 saturated carbocycles. The first-order valence-electron chi connectivity index (χ1n) is 8.21. The van der Waals surface area contributed by atoms with Gasteiger partial charge >= 0.3 is 0 Å². The summed E-state index contributed by atoms with van der Waals surface area (Å²) in [5.74, 6) is -3.26. The van der Waals surface area contributed by atoms with Gasteiger partial charge in [0.15, 0.2) is 4.90 Å². The van der Waals surface area contributed by atoms with Crippen molar-refractivity contribution in [3.05, 3.63) is 65.0 Å². The number of amides is 1. The molecule has 0 atom stereocenters. The Hall–Kier alpha value is -2.39. The molecule has 1 amide bonds. The number of nitrogens with zero attached hydrogens (tertiary/aromatic N) is 2. The lowest BCUT2D eigenvalue weighted by molar-refractivity contribution is 0.0697. The molecule has 5 nitrogen and oxygen atoms in total. The van der Waals surface area contributed by atoms with Crippen molar-refractivity contribution in [2.75, 3.05) is 26.2 Å². The molecule has 0 N–H and O–H groups in total. The molecule has 2 aromatic rings. The molecule has 27 heavy (non-hydrogen) atoms. The van der Waals surface area contributed by atoms with Gasteiger partial charge in [0.05, 0.1) is 0 Å². The fraction of sp³-hybridized carbons (Fsp3) is 0.278. The number of aryl methyl sites for hydroxylation is 1. The number of halogens is 3. The van der Waals surface area contributed by atoms with E-state index in [0.717, 1.165) is 28.6 Å². The van der Waals surface area contributed by atoms with Gasteiger partial charge in [-0.1, -0.05) is 12.1 Å². The second-order valence-corrected chi connectivity index (χ2v) is 8.09. The van der Waals surface area contributed by atoms with Gasteiger partial charge in [-0.05, 0) is 36.8 Å². The molecule has 2 aromatic carbocycles. The van der Waals surface area contributed by atoms with E-state index < -0.39 is 38.3 Å². The molecular weight excluding hydrogens is 381 g/mol. The van der Waals surface area contributed by atoms with Crippen molar-refractivity contribution >= 4 is 15.9 Å². The smallest absolute Gasteiger partial charge is 0.254 e. The highest BCUT2D eigenvalue weighted by Gasteiger charge is 2.34. The highest BCUT2D eigenvalue weighted by atomic mass is 32.2. The summed E-state index contributed by atoms with van der Waals surface area (Å²) in [5.41, 5.74) is 0.573. The minimum absolute atomic E-state index is 0.0314. The van der Waals surface area contributed by atoms with Gasteiger partial charge in [0.1, 0.15) is 17.5 Å². The molecule has 1 heterocycles. The number of carbonyl (C=O) groups is 1. The van der Waals surface area contributed by atoms with E-state index in [9.17, 15) is 26.4 Å². The van der Waals surface area contributed by atoms with E-state index in [1.807, 2.05) is 0 Å². The summed E-state index contributed by atoms with van der Waals surface area (Å²) in [6.45, 7) is 1.41. The van der Waals surface area contributed by atoms with Crippen LogP contribution in [0.25, 0.3) is 0 Å².